The van der Waals surface area contributed by atoms with Crippen LogP contribution in [0, 0.1) is 18.0 Å². The van der Waals surface area contributed by atoms with Gasteiger partial charge in [-0.15, -0.1) is 0 Å². The molecular formula is C48H32I4N4S4. The highest BCUT2D eigenvalue weighted by Crippen LogP contribution is 2.46. The number of halogens is 4. The van der Waals surface area contributed by atoms with E-state index < -0.39 is 0 Å². The summed E-state index contributed by atoms with van der Waals surface area (Å²) in [6.07, 6.45) is 0. The normalized spacial score (nSPS) is 17.5. The van der Waals surface area contributed by atoms with Crippen LogP contribution in [0.1, 0.15) is 0 Å². The van der Waals surface area contributed by atoms with Crippen molar-refractivity contribution >= 4 is 138 Å². The standard InChI is InChI=1S/4C12H8INS/c4*13-15-11-7-3-1-5-9(11)14-10-6-2-4-8-12(10)15/h4*1-8H. The van der Waals surface area contributed by atoms with Crippen LogP contribution in [-0.2, 0) is 0 Å². The lowest BCUT2D eigenvalue weighted by molar-refractivity contribution is 1.25. The second-order valence-electron chi connectivity index (χ2n) is 13.2. The van der Waals surface area contributed by atoms with E-state index in [1.807, 2.05) is 48.5 Å². The van der Waals surface area contributed by atoms with E-state index in [9.17, 15) is 0 Å². The summed E-state index contributed by atoms with van der Waals surface area (Å²) in [6, 6.07) is 67.1. The van der Waals surface area contributed by atoms with Crippen LogP contribution in [-0.4, -0.2) is 0 Å². The van der Waals surface area contributed by atoms with Crippen LogP contribution in [0.15, 0.2) is 234 Å². The van der Waals surface area contributed by atoms with E-state index in [0.29, 0.717) is 0 Å². The third-order valence-corrected chi connectivity index (χ3v) is 26.7. The molecule has 4 atom stereocenters. The number of fused-ring (bicyclic) bond motifs is 8. The average Bonchev–Trinajstić information content (AvgIpc) is 3.30. The van der Waals surface area contributed by atoms with Gasteiger partial charge in [0, 0.05) is 37.6 Å². The van der Waals surface area contributed by atoms with Gasteiger partial charge < -0.3 is 0 Å². The molecule has 0 N–H and O–H groups in total. The van der Waals surface area contributed by atoms with E-state index in [-0.39, 0.29) is 30.6 Å². The molecule has 60 heavy (non-hydrogen) atoms. The number of rotatable bonds is 0. The maximum absolute atomic E-state index is 4.66. The Morgan fingerprint density at radius 2 is 0.417 bits per heavy atom. The largest absolute Gasteiger partial charge is 0.247 e. The Hall–Kier alpha value is -2.72. The summed E-state index contributed by atoms with van der Waals surface area (Å²) in [5.74, 6) is 0. The van der Waals surface area contributed by atoms with Crippen LogP contribution in [0.3, 0.4) is 0 Å². The molecular weight excluding hydrogens is 1270 g/mol. The van der Waals surface area contributed by atoms with Gasteiger partial charge in [-0.05, 0) is 182 Å². The number of nitrogens with zero attached hydrogens (tertiary/aromatic N) is 4. The van der Waals surface area contributed by atoms with E-state index in [4.69, 9.17) is 0 Å². The van der Waals surface area contributed by atoms with Crippen molar-refractivity contribution in [2.45, 2.75) is 19.6 Å². The van der Waals surface area contributed by atoms with Gasteiger partial charge in [-0.25, -0.2) is 20.0 Å². The SMILES string of the molecule is IS1=c2ccccc2=Nc2ccccc21.IS1=c2ccccc2=Nc2ccccc21.IS1=c2ccccc2=Nc2ccccc21.IS1=c2ccccc2=Nc2ccccc21. The fourth-order valence-corrected chi connectivity index (χ4v) is 20.4. The molecule has 8 aromatic rings. The van der Waals surface area contributed by atoms with Gasteiger partial charge in [0.15, 0.2) is 0 Å². The lowest BCUT2D eigenvalue weighted by atomic mass is 10.3. The minimum Gasteiger partial charge on any atom is -0.247 e. The summed E-state index contributed by atoms with van der Waals surface area (Å²) in [7, 11) is 0.545. The van der Waals surface area contributed by atoms with Crippen LogP contribution in [0.25, 0.3) is 0 Å². The minimum atomic E-state index is 0.136. The highest BCUT2D eigenvalue weighted by molar-refractivity contribution is 14.2. The van der Waals surface area contributed by atoms with Gasteiger partial charge in [-0.1, -0.05) is 128 Å². The third-order valence-electron chi connectivity index (χ3n) is 9.43. The van der Waals surface area contributed by atoms with Gasteiger partial charge in [0.1, 0.15) is 0 Å². The summed E-state index contributed by atoms with van der Waals surface area (Å²) < 4.78 is 5.38. The van der Waals surface area contributed by atoms with Crippen LogP contribution in [0.2, 0.25) is 0 Å². The Labute approximate surface area is 405 Å². The molecule has 0 spiro atoms. The number of hydrogen-bond acceptors (Lipinski definition) is 4. The fourth-order valence-electron chi connectivity index (χ4n) is 6.60. The highest BCUT2D eigenvalue weighted by atomic mass is 127. The molecule has 4 aliphatic rings. The van der Waals surface area contributed by atoms with Crippen molar-refractivity contribution in [2.24, 2.45) is 20.0 Å². The van der Waals surface area contributed by atoms with E-state index in [0.717, 1.165) is 44.2 Å². The van der Waals surface area contributed by atoms with Crippen molar-refractivity contribution in [3.05, 3.63) is 234 Å². The zero-order chi connectivity index (χ0) is 41.0. The monoisotopic (exact) mass is 1300 g/mol. The van der Waals surface area contributed by atoms with E-state index in [1.165, 1.54) is 37.6 Å². The predicted octanol–water partition coefficient (Wildman–Crippen LogP) is 15.5. The van der Waals surface area contributed by atoms with Crippen molar-refractivity contribution in [3.8, 4) is 0 Å². The molecule has 0 bridgehead atoms. The zero-order valence-corrected chi connectivity index (χ0v) is 43.3. The van der Waals surface area contributed by atoms with Gasteiger partial charge in [0.2, 0.25) is 0 Å². The molecule has 4 nitrogen and oxygen atoms in total. The molecule has 4 aliphatic heterocycles. The third kappa shape index (κ3) is 9.17. The Morgan fingerprint density at radius 3 is 0.650 bits per heavy atom. The van der Waals surface area contributed by atoms with Gasteiger partial charge in [-0.3, -0.25) is 0 Å². The molecule has 0 saturated heterocycles. The van der Waals surface area contributed by atoms with Crippen LogP contribution < -0.4 is 21.4 Å². The van der Waals surface area contributed by atoms with Gasteiger partial charge in [0.05, 0.1) is 44.2 Å². The first-order valence-electron chi connectivity index (χ1n) is 18.7. The summed E-state index contributed by atoms with van der Waals surface area (Å²) in [6.45, 7) is 0. The number of para-hydroxylation sites is 8. The first kappa shape index (κ1) is 42.6. The lowest BCUT2D eigenvalue weighted by Crippen LogP contribution is -2.04. The molecule has 4 heterocycles. The van der Waals surface area contributed by atoms with Crippen LogP contribution >= 0.6 is 115 Å². The molecule has 296 valence electrons. The van der Waals surface area contributed by atoms with Crippen molar-refractivity contribution in [1.82, 2.24) is 0 Å². The Bertz CT molecular complexity index is 3060. The smallest absolute Gasteiger partial charge is 0.0776 e. The van der Waals surface area contributed by atoms with Crippen molar-refractivity contribution in [3.63, 3.8) is 0 Å². The number of benzene rings is 8. The van der Waals surface area contributed by atoms with Crippen LogP contribution in [0.5, 0.6) is 0 Å². The maximum atomic E-state index is 4.66. The lowest BCUT2D eigenvalue weighted by Gasteiger charge is -2.10. The van der Waals surface area contributed by atoms with E-state index in [1.54, 1.807) is 0 Å². The first-order chi connectivity index (χ1) is 29.4. The Balaban J connectivity index is 0.000000103. The molecule has 0 amide bonds. The molecule has 0 aliphatic carbocycles. The van der Waals surface area contributed by atoms with Crippen molar-refractivity contribution < 1.29 is 0 Å². The molecule has 12 rings (SSSR count). The summed E-state index contributed by atoms with van der Waals surface area (Å²) in [5.41, 5.74) is 4.48. The van der Waals surface area contributed by atoms with E-state index in [2.05, 4.69) is 250 Å². The maximum Gasteiger partial charge on any atom is 0.0776 e. The van der Waals surface area contributed by atoms with Crippen LogP contribution in [0.4, 0.5) is 22.7 Å². The topological polar surface area (TPSA) is 49.4 Å². The molecule has 12 heteroatoms. The van der Waals surface area contributed by atoms with Crippen molar-refractivity contribution in [2.75, 3.05) is 0 Å². The highest BCUT2D eigenvalue weighted by Gasteiger charge is 2.12. The molecule has 0 fully saturated rings. The summed E-state index contributed by atoms with van der Waals surface area (Å²) in [4.78, 5) is 24.0. The second-order valence-corrected chi connectivity index (χ2v) is 29.4. The minimum absolute atomic E-state index is 0.136. The quantitative estimate of drug-likeness (QED) is 0.107. The van der Waals surface area contributed by atoms with Gasteiger partial charge >= 0.3 is 0 Å². The number of hydrogen-bond donors (Lipinski definition) is 0. The average molecular weight is 1300 g/mol. The zero-order valence-electron chi connectivity index (χ0n) is 31.4. The summed E-state index contributed by atoms with van der Waals surface area (Å²) in [5, 5.41) is 4.48. The molecule has 4 unspecified atom stereocenters. The van der Waals surface area contributed by atoms with Gasteiger partial charge in [0.25, 0.3) is 0 Å². The van der Waals surface area contributed by atoms with Crippen molar-refractivity contribution in [1.29, 1.82) is 0 Å². The molecule has 0 radical (unpaired) electrons. The van der Waals surface area contributed by atoms with E-state index >= 15 is 0 Å². The molecule has 0 saturated carbocycles. The van der Waals surface area contributed by atoms with Gasteiger partial charge in [-0.2, -0.15) is 0 Å². The molecule has 8 aromatic carbocycles. The molecule has 0 aromatic heterocycles. The summed E-state index contributed by atoms with van der Waals surface area (Å²) >= 11 is 10.0. The Morgan fingerprint density at radius 1 is 0.233 bits per heavy atom. The Kier molecular flexibility index (Phi) is 14.0. The second kappa shape index (κ2) is 19.8. The first-order valence-corrected chi connectivity index (χ1v) is 33.7. The predicted molar refractivity (Wildman–Crippen MR) is 290 cm³/mol. The fraction of sp³-hybridized carbons (Fsp3) is 0.